The fourth-order valence-corrected chi connectivity index (χ4v) is 5.22. The summed E-state index contributed by atoms with van der Waals surface area (Å²) in [6.07, 6.45) is -4.03. The summed E-state index contributed by atoms with van der Waals surface area (Å²) in [5.41, 5.74) is 1.43. The Morgan fingerprint density at radius 2 is 1.76 bits per heavy atom. The van der Waals surface area contributed by atoms with Gasteiger partial charge < -0.3 is 24.7 Å². The van der Waals surface area contributed by atoms with E-state index in [0.717, 1.165) is 6.26 Å². The summed E-state index contributed by atoms with van der Waals surface area (Å²) in [6, 6.07) is 12.6. The minimum absolute atomic E-state index is 0.0876. The number of amides is 2. The molecule has 2 amide bonds. The second-order valence-electron chi connectivity index (χ2n) is 10.6. The first-order valence-electron chi connectivity index (χ1n) is 12.7. The van der Waals surface area contributed by atoms with Crippen molar-refractivity contribution in [1.82, 2.24) is 15.2 Å². The zero-order valence-corrected chi connectivity index (χ0v) is 23.7. The van der Waals surface area contributed by atoms with Crippen LogP contribution in [0, 0.1) is 0 Å². The molecule has 2 aromatic carbocycles. The fourth-order valence-electron chi connectivity index (χ4n) is 4.59. The van der Waals surface area contributed by atoms with Gasteiger partial charge in [0.05, 0.1) is 16.6 Å². The van der Waals surface area contributed by atoms with Crippen LogP contribution in [0.3, 0.4) is 0 Å². The van der Waals surface area contributed by atoms with Crippen LogP contribution >= 0.6 is 0 Å². The number of rotatable bonds is 7. The van der Waals surface area contributed by atoms with Gasteiger partial charge in [-0.25, -0.2) is 13.2 Å². The highest BCUT2D eigenvalue weighted by Crippen LogP contribution is 2.41. The topological polar surface area (TPSA) is 116 Å². The molecule has 0 spiro atoms. The molecule has 1 aliphatic heterocycles. The van der Waals surface area contributed by atoms with Crippen LogP contribution in [0.25, 0.3) is 22.4 Å². The maximum atomic E-state index is 13.0. The molecule has 0 radical (unpaired) electrons. The van der Waals surface area contributed by atoms with Gasteiger partial charge in [0.2, 0.25) is 0 Å². The molecule has 9 nitrogen and oxygen atoms in total. The highest BCUT2D eigenvalue weighted by molar-refractivity contribution is 7.90. The average molecular weight is 594 g/mol. The van der Waals surface area contributed by atoms with Crippen molar-refractivity contribution in [2.45, 2.75) is 50.1 Å². The molecule has 1 aromatic heterocycles. The Morgan fingerprint density at radius 3 is 2.37 bits per heavy atom. The third kappa shape index (κ3) is 7.40. The van der Waals surface area contributed by atoms with Crippen molar-refractivity contribution in [2.75, 3.05) is 19.3 Å². The number of fused-ring (bicyclic) bond motifs is 1. The second-order valence-corrected chi connectivity index (χ2v) is 12.6. The van der Waals surface area contributed by atoms with E-state index >= 15 is 0 Å². The molecule has 0 unspecified atom stereocenters. The second kappa shape index (κ2) is 11.1. The highest BCUT2D eigenvalue weighted by Gasteiger charge is 2.33. The van der Waals surface area contributed by atoms with E-state index < -0.39 is 33.6 Å². The molecule has 0 saturated carbocycles. The smallest absolute Gasteiger partial charge is 0.444 e. The standard InChI is InChI=1S/C28H30F3N3O6S/c1-27(2,3)40-26(36)32-13-12-19-16-33-25(35)23-15-22(18-6-5-7-20(14-18)39-28(29,30)31)24(34(19)23)17-8-10-21(11-9-17)41(4,37)38/h5-11,14-15,19H,12-13,16H2,1-4H3,(H,32,36)(H,33,35)/t19-/m0/s1. The number of nitrogens with zero attached hydrogens (tertiary/aromatic N) is 1. The molecule has 4 rings (SSSR count). The predicted molar refractivity (Wildman–Crippen MR) is 145 cm³/mol. The molecule has 3 aromatic rings. The summed E-state index contributed by atoms with van der Waals surface area (Å²) in [5, 5.41) is 5.53. The number of nitrogens with one attached hydrogen (secondary N) is 2. The molecule has 220 valence electrons. The van der Waals surface area contributed by atoms with E-state index in [2.05, 4.69) is 15.4 Å². The minimum Gasteiger partial charge on any atom is -0.444 e. The van der Waals surface area contributed by atoms with Crippen molar-refractivity contribution >= 4 is 21.8 Å². The number of alkyl halides is 3. The van der Waals surface area contributed by atoms with Gasteiger partial charge in [0.25, 0.3) is 5.91 Å². The van der Waals surface area contributed by atoms with E-state index in [1.54, 1.807) is 49.6 Å². The molecule has 1 atom stereocenters. The molecule has 13 heteroatoms. The van der Waals surface area contributed by atoms with Gasteiger partial charge >= 0.3 is 12.5 Å². The van der Waals surface area contributed by atoms with Gasteiger partial charge in [-0.2, -0.15) is 0 Å². The third-order valence-corrected chi connectivity index (χ3v) is 7.34. The van der Waals surface area contributed by atoms with Gasteiger partial charge in [0.15, 0.2) is 9.84 Å². The van der Waals surface area contributed by atoms with Crippen LogP contribution in [-0.4, -0.2) is 56.3 Å². The van der Waals surface area contributed by atoms with Crippen LogP contribution in [0.1, 0.15) is 43.7 Å². The van der Waals surface area contributed by atoms with E-state index in [0.29, 0.717) is 28.8 Å². The monoisotopic (exact) mass is 593 g/mol. The first-order valence-corrected chi connectivity index (χ1v) is 14.6. The predicted octanol–water partition coefficient (Wildman–Crippen LogP) is 5.32. The van der Waals surface area contributed by atoms with E-state index in [1.807, 2.05) is 0 Å². The minimum atomic E-state index is -4.89. The number of sulfone groups is 1. The molecular weight excluding hydrogens is 563 g/mol. The summed E-state index contributed by atoms with van der Waals surface area (Å²) in [4.78, 5) is 25.2. The highest BCUT2D eigenvalue weighted by atomic mass is 32.2. The maximum absolute atomic E-state index is 13.0. The number of ether oxygens (including phenoxy) is 2. The van der Waals surface area contributed by atoms with Gasteiger partial charge in [-0.05, 0) is 68.7 Å². The zero-order chi connectivity index (χ0) is 30.2. The van der Waals surface area contributed by atoms with E-state index in [-0.39, 0.29) is 35.6 Å². The molecule has 2 N–H and O–H groups in total. The number of hydrogen-bond acceptors (Lipinski definition) is 6. The molecule has 0 saturated heterocycles. The quantitative estimate of drug-likeness (QED) is 0.383. The lowest BCUT2D eigenvalue weighted by molar-refractivity contribution is -0.274. The van der Waals surface area contributed by atoms with Gasteiger partial charge in [-0.1, -0.05) is 24.3 Å². The van der Waals surface area contributed by atoms with Gasteiger partial charge in [0.1, 0.15) is 17.0 Å². The molecule has 1 aliphatic rings. The molecule has 0 aliphatic carbocycles. The molecule has 2 heterocycles. The first-order chi connectivity index (χ1) is 19.0. The Bertz CT molecular complexity index is 1560. The number of benzene rings is 2. The molecule has 0 fully saturated rings. The SMILES string of the molecule is CC(C)(C)OC(=O)NCC[C@H]1CNC(=O)c2cc(-c3cccc(OC(F)(F)F)c3)c(-c3ccc(S(C)(=O)=O)cc3)n21. The van der Waals surface area contributed by atoms with Crippen molar-refractivity contribution in [2.24, 2.45) is 0 Å². The molecule has 0 bridgehead atoms. The van der Waals surface area contributed by atoms with Gasteiger partial charge in [-0.3, -0.25) is 4.79 Å². The summed E-state index contributed by atoms with van der Waals surface area (Å²) in [6.45, 7) is 5.66. The number of carbonyl (C=O) groups is 2. The Balaban J connectivity index is 1.79. The lowest BCUT2D eigenvalue weighted by Gasteiger charge is -2.29. The van der Waals surface area contributed by atoms with E-state index in [4.69, 9.17) is 4.74 Å². The number of hydrogen-bond donors (Lipinski definition) is 2. The van der Waals surface area contributed by atoms with Crippen LogP contribution < -0.4 is 15.4 Å². The summed E-state index contributed by atoms with van der Waals surface area (Å²) >= 11 is 0. The van der Waals surface area contributed by atoms with Gasteiger partial charge in [0, 0.05) is 24.9 Å². The van der Waals surface area contributed by atoms with Crippen molar-refractivity contribution in [3.05, 3.63) is 60.3 Å². The van der Waals surface area contributed by atoms with E-state index in [1.165, 1.54) is 30.3 Å². The molecular formula is C28H30F3N3O6S. The van der Waals surface area contributed by atoms with Crippen molar-refractivity contribution in [1.29, 1.82) is 0 Å². The number of carbonyl (C=O) groups excluding carboxylic acids is 2. The third-order valence-electron chi connectivity index (χ3n) is 6.21. The van der Waals surface area contributed by atoms with Crippen molar-refractivity contribution < 1.29 is 40.7 Å². The normalized spacial score (nSPS) is 15.6. The number of aromatic nitrogens is 1. The Morgan fingerprint density at radius 1 is 1.07 bits per heavy atom. The average Bonchev–Trinajstić information content (AvgIpc) is 3.25. The Labute approximate surface area is 235 Å². The largest absolute Gasteiger partial charge is 0.573 e. The van der Waals surface area contributed by atoms with Crippen LogP contribution in [0.5, 0.6) is 5.75 Å². The zero-order valence-electron chi connectivity index (χ0n) is 22.8. The lowest BCUT2D eigenvalue weighted by Crippen LogP contribution is -2.41. The Kier molecular flexibility index (Phi) is 8.12. The van der Waals surface area contributed by atoms with Crippen LogP contribution in [0.4, 0.5) is 18.0 Å². The maximum Gasteiger partial charge on any atom is 0.573 e. The fraction of sp³-hybridized carbons (Fsp3) is 0.357. The summed E-state index contributed by atoms with van der Waals surface area (Å²) < 4.78 is 74.1. The lowest BCUT2D eigenvalue weighted by atomic mass is 10.0. The summed E-state index contributed by atoms with van der Waals surface area (Å²) in [5.74, 6) is -0.815. The van der Waals surface area contributed by atoms with Gasteiger partial charge in [-0.15, -0.1) is 13.2 Å². The molecule has 41 heavy (non-hydrogen) atoms. The van der Waals surface area contributed by atoms with Crippen LogP contribution in [0.15, 0.2) is 59.5 Å². The van der Waals surface area contributed by atoms with Crippen molar-refractivity contribution in [3.8, 4) is 28.1 Å². The Hall–Kier alpha value is -4.00. The van der Waals surface area contributed by atoms with E-state index in [9.17, 15) is 31.2 Å². The van der Waals surface area contributed by atoms with Crippen LogP contribution in [0.2, 0.25) is 0 Å². The number of halogens is 3. The summed E-state index contributed by atoms with van der Waals surface area (Å²) in [7, 11) is -3.49. The number of alkyl carbamates (subject to hydrolysis) is 1. The van der Waals surface area contributed by atoms with Crippen LogP contribution in [-0.2, 0) is 14.6 Å². The first kappa shape index (κ1) is 30.0. The van der Waals surface area contributed by atoms with Crippen molar-refractivity contribution in [3.63, 3.8) is 0 Å².